The van der Waals surface area contributed by atoms with Gasteiger partial charge in [-0.05, 0) is 56.7 Å². The molecule has 0 saturated carbocycles. The quantitative estimate of drug-likeness (QED) is 0.204. The van der Waals surface area contributed by atoms with Gasteiger partial charge in [0.05, 0.1) is 0 Å². The lowest BCUT2D eigenvalue weighted by atomic mass is 9.98. The minimum Gasteiger partial charge on any atom is -0.370 e. The molecule has 0 aliphatic heterocycles. The number of nitrogens with zero attached hydrogens (tertiary/aromatic N) is 3. The molecular formula is C29H44N6. The van der Waals surface area contributed by atoms with Crippen molar-refractivity contribution in [3.8, 4) is 11.8 Å². The van der Waals surface area contributed by atoms with Crippen molar-refractivity contribution in [2.24, 2.45) is 32.6 Å². The van der Waals surface area contributed by atoms with Gasteiger partial charge in [0, 0.05) is 25.0 Å². The average Bonchev–Trinajstić information content (AvgIpc) is 2.78. The van der Waals surface area contributed by atoms with E-state index in [1.165, 1.54) is 35.6 Å². The molecular weight excluding hydrogens is 432 g/mol. The van der Waals surface area contributed by atoms with E-state index in [1.54, 1.807) is 0 Å². The molecule has 6 N–H and O–H groups in total. The van der Waals surface area contributed by atoms with Crippen LogP contribution in [0.4, 0.5) is 0 Å². The molecule has 0 amide bonds. The van der Waals surface area contributed by atoms with Crippen LogP contribution >= 0.6 is 0 Å². The monoisotopic (exact) mass is 476 g/mol. The molecule has 35 heavy (non-hydrogen) atoms. The summed E-state index contributed by atoms with van der Waals surface area (Å²) in [4.78, 5) is 9.88. The minimum absolute atomic E-state index is 0.0465. The second-order valence-corrected chi connectivity index (χ2v) is 9.59. The number of unbranched alkanes of at least 4 members (excludes halogenated alkanes) is 3. The number of likely N-dealkylation sites (N-methyl/N-ethyl adjacent to an activating group) is 1. The molecule has 2 aromatic rings. The van der Waals surface area contributed by atoms with Crippen molar-refractivity contribution < 1.29 is 0 Å². The zero-order chi connectivity index (χ0) is 26.1. The molecule has 0 unspecified atom stereocenters. The topological polar surface area (TPSA) is 106 Å². The van der Waals surface area contributed by atoms with Gasteiger partial charge in [-0.15, -0.1) is 0 Å². The first-order chi connectivity index (χ1) is 16.6. The second kappa shape index (κ2) is 16.3. The van der Waals surface area contributed by atoms with Crippen molar-refractivity contribution in [3.05, 3.63) is 60.2 Å². The van der Waals surface area contributed by atoms with Gasteiger partial charge in [0.15, 0.2) is 5.96 Å². The Morgan fingerprint density at radius 2 is 1.71 bits per heavy atom. The molecule has 0 spiro atoms. The standard InChI is InChI=1S/C21H25N.C8H19N5/c1-21(2,3)15-8-5-9-16-22(4)17-19-13-10-12-18-11-6-7-14-20(18)19;1-2-3-4-5-6-12-8(11)13-7(9)10/h5-7,9-14H,16-17H2,1-4H3;2-6H2,1H3,(H6,9,10,11,12,13)/b9-5+;. The first kappa shape index (κ1) is 29.7. The van der Waals surface area contributed by atoms with Gasteiger partial charge in [-0.25, -0.2) is 0 Å². The van der Waals surface area contributed by atoms with E-state index in [2.05, 4.69) is 110 Å². The summed E-state index contributed by atoms with van der Waals surface area (Å²) in [6.07, 6.45) is 8.75. The number of nitrogens with two attached hydrogens (primary N) is 3. The van der Waals surface area contributed by atoms with Crippen LogP contribution in [-0.4, -0.2) is 37.0 Å². The van der Waals surface area contributed by atoms with Crippen molar-refractivity contribution in [2.75, 3.05) is 20.1 Å². The number of hydrogen-bond donors (Lipinski definition) is 3. The molecule has 0 heterocycles. The largest absolute Gasteiger partial charge is 0.370 e. The van der Waals surface area contributed by atoms with Gasteiger partial charge in [0.2, 0.25) is 5.96 Å². The summed E-state index contributed by atoms with van der Waals surface area (Å²) in [5.41, 5.74) is 17.1. The van der Waals surface area contributed by atoms with Crippen LogP contribution in [0.1, 0.15) is 58.9 Å². The van der Waals surface area contributed by atoms with Gasteiger partial charge in [-0.3, -0.25) is 9.89 Å². The number of guanidine groups is 2. The third-order valence-corrected chi connectivity index (χ3v) is 4.91. The Morgan fingerprint density at radius 1 is 1.00 bits per heavy atom. The van der Waals surface area contributed by atoms with Gasteiger partial charge in [0.1, 0.15) is 0 Å². The smallest absolute Gasteiger partial charge is 0.218 e. The zero-order valence-corrected chi connectivity index (χ0v) is 22.2. The lowest BCUT2D eigenvalue weighted by Gasteiger charge is -2.15. The van der Waals surface area contributed by atoms with Crippen LogP contribution in [0, 0.1) is 17.3 Å². The number of rotatable bonds is 9. The van der Waals surface area contributed by atoms with Crippen LogP contribution in [-0.2, 0) is 6.54 Å². The molecule has 0 aliphatic carbocycles. The summed E-state index contributed by atoms with van der Waals surface area (Å²) in [6.45, 7) is 11.1. The maximum Gasteiger partial charge on any atom is 0.218 e. The highest BCUT2D eigenvalue weighted by Crippen LogP contribution is 2.19. The Labute approximate surface area is 212 Å². The Balaban J connectivity index is 0.000000405. The van der Waals surface area contributed by atoms with Crippen LogP contribution in [0.5, 0.6) is 0 Å². The lowest BCUT2D eigenvalue weighted by Crippen LogP contribution is -2.26. The molecule has 0 aromatic heterocycles. The fourth-order valence-electron chi connectivity index (χ4n) is 3.24. The molecule has 2 rings (SSSR count). The molecule has 6 heteroatoms. The van der Waals surface area contributed by atoms with Crippen molar-refractivity contribution in [2.45, 2.75) is 59.9 Å². The minimum atomic E-state index is -0.0465. The summed E-state index contributed by atoms with van der Waals surface area (Å²) in [5, 5.41) is 2.65. The summed E-state index contributed by atoms with van der Waals surface area (Å²) < 4.78 is 0. The van der Waals surface area contributed by atoms with Crippen LogP contribution in [0.15, 0.2) is 64.6 Å². The third kappa shape index (κ3) is 14.5. The molecule has 0 bridgehead atoms. The highest BCUT2D eigenvalue weighted by atomic mass is 15.1. The number of fused-ring (bicyclic) bond motifs is 1. The summed E-state index contributed by atoms with van der Waals surface area (Å²) >= 11 is 0. The van der Waals surface area contributed by atoms with Crippen LogP contribution < -0.4 is 17.2 Å². The van der Waals surface area contributed by atoms with Gasteiger partial charge in [-0.2, -0.15) is 4.99 Å². The molecule has 6 nitrogen and oxygen atoms in total. The molecule has 0 atom stereocenters. The maximum absolute atomic E-state index is 5.39. The first-order valence-electron chi connectivity index (χ1n) is 12.3. The number of benzene rings is 2. The Morgan fingerprint density at radius 3 is 2.40 bits per heavy atom. The molecule has 0 fully saturated rings. The van der Waals surface area contributed by atoms with E-state index in [1.807, 2.05) is 6.08 Å². The van der Waals surface area contributed by atoms with E-state index in [-0.39, 0.29) is 17.3 Å². The number of allylic oxidation sites excluding steroid dienone is 1. The van der Waals surface area contributed by atoms with Crippen LogP contribution in [0.2, 0.25) is 0 Å². The predicted molar refractivity (Wildman–Crippen MR) is 153 cm³/mol. The highest BCUT2D eigenvalue weighted by Gasteiger charge is 2.03. The molecule has 0 saturated heterocycles. The zero-order valence-electron chi connectivity index (χ0n) is 22.2. The maximum atomic E-state index is 5.39. The first-order valence-corrected chi connectivity index (χ1v) is 12.3. The number of aliphatic imine (C=N–C) groups is 2. The van der Waals surface area contributed by atoms with Crippen molar-refractivity contribution in [1.82, 2.24) is 4.90 Å². The van der Waals surface area contributed by atoms with E-state index < -0.39 is 0 Å². The van der Waals surface area contributed by atoms with Crippen LogP contribution in [0.25, 0.3) is 10.8 Å². The van der Waals surface area contributed by atoms with Crippen molar-refractivity contribution in [1.29, 1.82) is 0 Å². The summed E-state index contributed by atoms with van der Waals surface area (Å²) in [6, 6.07) is 15.1. The third-order valence-electron chi connectivity index (χ3n) is 4.91. The number of hydrogen-bond acceptors (Lipinski definition) is 2. The van der Waals surface area contributed by atoms with Gasteiger partial charge >= 0.3 is 0 Å². The normalized spacial score (nSPS) is 11.7. The van der Waals surface area contributed by atoms with Crippen molar-refractivity contribution >= 4 is 22.7 Å². The molecule has 2 aromatic carbocycles. The fraction of sp³-hybridized carbons (Fsp3) is 0.448. The van der Waals surface area contributed by atoms with E-state index in [9.17, 15) is 0 Å². The Bertz CT molecular complexity index is 1030. The van der Waals surface area contributed by atoms with Crippen molar-refractivity contribution in [3.63, 3.8) is 0 Å². The second-order valence-electron chi connectivity index (χ2n) is 9.59. The van der Waals surface area contributed by atoms with E-state index in [0.29, 0.717) is 6.54 Å². The highest BCUT2D eigenvalue weighted by molar-refractivity contribution is 5.92. The molecule has 0 aliphatic rings. The lowest BCUT2D eigenvalue weighted by molar-refractivity contribution is 0.365. The fourth-order valence-corrected chi connectivity index (χ4v) is 3.24. The molecule has 0 radical (unpaired) electrons. The summed E-state index contributed by atoms with van der Waals surface area (Å²) in [5.74, 6) is 6.45. The van der Waals surface area contributed by atoms with Gasteiger partial charge in [-0.1, -0.05) is 86.6 Å². The average molecular weight is 477 g/mol. The Hall–Kier alpha value is -3.30. The van der Waals surface area contributed by atoms with E-state index in [0.717, 1.165) is 19.5 Å². The summed E-state index contributed by atoms with van der Waals surface area (Å²) in [7, 11) is 2.14. The predicted octanol–water partition coefficient (Wildman–Crippen LogP) is 5.03. The van der Waals surface area contributed by atoms with Gasteiger partial charge in [0.25, 0.3) is 0 Å². The SMILES string of the molecule is CCCCCCN=C(N)N=C(N)N.CN(C/C=C/C#CC(C)(C)C)Cc1cccc2ccccc12. The molecule has 190 valence electrons. The van der Waals surface area contributed by atoms with E-state index >= 15 is 0 Å². The van der Waals surface area contributed by atoms with Gasteiger partial charge < -0.3 is 17.2 Å². The van der Waals surface area contributed by atoms with E-state index in [4.69, 9.17) is 17.2 Å². The Kier molecular flexibility index (Phi) is 13.9. The van der Waals surface area contributed by atoms with Crippen LogP contribution in [0.3, 0.4) is 0 Å².